The van der Waals surface area contributed by atoms with Gasteiger partial charge in [0.1, 0.15) is 0 Å². The molecule has 1 heterocycles. The average Bonchev–Trinajstić information content (AvgIpc) is 2.41. The van der Waals surface area contributed by atoms with E-state index in [1.807, 2.05) is 25.1 Å². The summed E-state index contributed by atoms with van der Waals surface area (Å²) in [6.45, 7) is 3.69. The Morgan fingerprint density at radius 2 is 2.39 bits per heavy atom. The smallest absolute Gasteiger partial charge is 0.254 e. The predicted molar refractivity (Wildman–Crippen MR) is 75.2 cm³/mol. The maximum absolute atomic E-state index is 12.4. The molecule has 0 spiro atoms. The second kappa shape index (κ2) is 6.04. The number of carbonyl (C=O) groups is 1. The molecule has 0 aliphatic carbocycles. The average molecular weight is 333 g/mol. The van der Waals surface area contributed by atoms with E-state index in [1.54, 1.807) is 4.90 Å². The molecule has 1 aliphatic heterocycles. The number of rotatable bonds is 2. The van der Waals surface area contributed by atoms with Crippen molar-refractivity contribution in [2.24, 2.45) is 0 Å². The lowest BCUT2D eigenvalue weighted by Crippen LogP contribution is -2.49. The number of alkyl halides is 1. The zero-order valence-corrected chi connectivity index (χ0v) is 12.5. The van der Waals surface area contributed by atoms with Crippen LogP contribution >= 0.6 is 27.5 Å². The summed E-state index contributed by atoms with van der Waals surface area (Å²) in [6, 6.07) is 5.61. The molecular formula is C13H15BrClNO2. The van der Waals surface area contributed by atoms with E-state index in [9.17, 15) is 4.79 Å². The maximum atomic E-state index is 12.4. The van der Waals surface area contributed by atoms with Crippen molar-refractivity contribution in [2.75, 3.05) is 25.6 Å². The largest absolute Gasteiger partial charge is 0.377 e. The van der Waals surface area contributed by atoms with Gasteiger partial charge in [0.05, 0.1) is 19.3 Å². The van der Waals surface area contributed by atoms with Gasteiger partial charge in [-0.1, -0.05) is 22.0 Å². The Bertz CT molecular complexity index is 453. The lowest BCUT2D eigenvalue weighted by molar-refractivity contribution is 0.00456. The minimum Gasteiger partial charge on any atom is -0.377 e. The Balaban J connectivity index is 2.21. The first kappa shape index (κ1) is 13.8. The first-order chi connectivity index (χ1) is 8.63. The van der Waals surface area contributed by atoms with Crippen LogP contribution in [-0.4, -0.2) is 42.5 Å². The van der Waals surface area contributed by atoms with Gasteiger partial charge in [-0.25, -0.2) is 0 Å². The van der Waals surface area contributed by atoms with Crippen molar-refractivity contribution >= 4 is 33.4 Å². The number of halogens is 2. The molecule has 0 bridgehead atoms. The fraction of sp³-hybridized carbons (Fsp3) is 0.462. The topological polar surface area (TPSA) is 29.5 Å². The minimum absolute atomic E-state index is 0.0182. The third-order valence-corrected chi connectivity index (χ3v) is 4.30. The van der Waals surface area contributed by atoms with Gasteiger partial charge in [-0.2, -0.15) is 0 Å². The van der Waals surface area contributed by atoms with E-state index in [0.29, 0.717) is 31.2 Å². The van der Waals surface area contributed by atoms with Crippen LogP contribution in [-0.2, 0) is 4.74 Å². The summed E-state index contributed by atoms with van der Waals surface area (Å²) >= 11 is 9.33. The van der Waals surface area contributed by atoms with Crippen LogP contribution < -0.4 is 0 Å². The molecule has 1 atom stereocenters. The van der Waals surface area contributed by atoms with Gasteiger partial charge in [0.2, 0.25) is 0 Å². The molecule has 0 N–H and O–H groups in total. The molecule has 5 heteroatoms. The van der Waals surface area contributed by atoms with Crippen molar-refractivity contribution in [3.63, 3.8) is 0 Å². The Kier molecular flexibility index (Phi) is 4.65. The summed E-state index contributed by atoms with van der Waals surface area (Å²) in [5.41, 5.74) is 1.80. The van der Waals surface area contributed by atoms with Crippen LogP contribution in [0.2, 0.25) is 0 Å². The van der Waals surface area contributed by atoms with Crippen LogP contribution in [0, 0.1) is 6.92 Å². The monoisotopic (exact) mass is 331 g/mol. The molecular weight excluding hydrogens is 318 g/mol. The van der Waals surface area contributed by atoms with Crippen molar-refractivity contribution in [1.29, 1.82) is 0 Å². The molecule has 1 fully saturated rings. The SMILES string of the molecule is Cc1ccc(C(=O)N2CCOCC2CCl)cc1Br. The summed E-state index contributed by atoms with van der Waals surface area (Å²) in [7, 11) is 0. The Morgan fingerprint density at radius 1 is 1.61 bits per heavy atom. The summed E-state index contributed by atoms with van der Waals surface area (Å²) in [6.07, 6.45) is 0. The molecule has 1 aromatic rings. The fourth-order valence-electron chi connectivity index (χ4n) is 1.94. The van der Waals surface area contributed by atoms with Crippen molar-refractivity contribution in [3.8, 4) is 0 Å². The molecule has 18 heavy (non-hydrogen) atoms. The Labute approximate surface area is 120 Å². The maximum Gasteiger partial charge on any atom is 0.254 e. The highest BCUT2D eigenvalue weighted by Gasteiger charge is 2.27. The highest BCUT2D eigenvalue weighted by molar-refractivity contribution is 9.10. The Morgan fingerprint density at radius 3 is 3.06 bits per heavy atom. The van der Waals surface area contributed by atoms with Gasteiger partial charge in [-0.05, 0) is 24.6 Å². The molecule has 0 saturated carbocycles. The molecule has 0 aromatic heterocycles. The number of nitrogens with zero attached hydrogens (tertiary/aromatic N) is 1. The molecule has 1 saturated heterocycles. The first-order valence-electron chi connectivity index (χ1n) is 5.84. The summed E-state index contributed by atoms with van der Waals surface area (Å²) < 4.78 is 6.29. The van der Waals surface area contributed by atoms with E-state index < -0.39 is 0 Å². The quantitative estimate of drug-likeness (QED) is 0.780. The first-order valence-corrected chi connectivity index (χ1v) is 7.17. The number of morpholine rings is 1. The van der Waals surface area contributed by atoms with E-state index in [2.05, 4.69) is 15.9 Å². The lowest BCUT2D eigenvalue weighted by atomic mass is 10.1. The minimum atomic E-state index is -0.0343. The van der Waals surface area contributed by atoms with Gasteiger partial charge < -0.3 is 9.64 Å². The second-order valence-corrected chi connectivity index (χ2v) is 5.51. The number of benzene rings is 1. The molecule has 1 aliphatic rings. The van der Waals surface area contributed by atoms with E-state index in [-0.39, 0.29) is 11.9 Å². The van der Waals surface area contributed by atoms with Crippen LogP contribution in [0.1, 0.15) is 15.9 Å². The van der Waals surface area contributed by atoms with Crippen LogP contribution in [0.25, 0.3) is 0 Å². The van der Waals surface area contributed by atoms with Crippen LogP contribution in [0.4, 0.5) is 0 Å². The fourth-order valence-corrected chi connectivity index (χ4v) is 2.58. The van der Waals surface area contributed by atoms with Crippen molar-refractivity contribution in [2.45, 2.75) is 13.0 Å². The standard InChI is InChI=1S/C13H15BrClNO2/c1-9-2-3-10(6-12(9)14)13(17)16-4-5-18-8-11(16)7-15/h2-3,6,11H,4-5,7-8H2,1H3. The van der Waals surface area contributed by atoms with Gasteiger partial charge >= 0.3 is 0 Å². The molecule has 1 aromatic carbocycles. The van der Waals surface area contributed by atoms with Crippen LogP contribution in [0.3, 0.4) is 0 Å². The van der Waals surface area contributed by atoms with Gasteiger partial charge in [-0.3, -0.25) is 4.79 Å². The van der Waals surface area contributed by atoms with E-state index >= 15 is 0 Å². The van der Waals surface area contributed by atoms with E-state index in [0.717, 1.165) is 10.0 Å². The van der Waals surface area contributed by atoms with Crippen molar-refractivity contribution < 1.29 is 9.53 Å². The third-order valence-electron chi connectivity index (χ3n) is 3.09. The second-order valence-electron chi connectivity index (χ2n) is 4.35. The molecule has 98 valence electrons. The molecule has 3 nitrogen and oxygen atoms in total. The van der Waals surface area contributed by atoms with Crippen molar-refractivity contribution in [3.05, 3.63) is 33.8 Å². The summed E-state index contributed by atoms with van der Waals surface area (Å²) in [5.74, 6) is 0.420. The normalized spacial score (nSPS) is 19.9. The molecule has 0 radical (unpaired) electrons. The van der Waals surface area contributed by atoms with Gasteiger partial charge in [0.25, 0.3) is 5.91 Å². The third kappa shape index (κ3) is 2.87. The number of hydrogen-bond donors (Lipinski definition) is 0. The highest BCUT2D eigenvalue weighted by atomic mass is 79.9. The zero-order valence-electron chi connectivity index (χ0n) is 10.2. The molecule has 1 unspecified atom stereocenters. The van der Waals surface area contributed by atoms with Crippen molar-refractivity contribution in [1.82, 2.24) is 4.90 Å². The predicted octanol–water partition coefficient (Wildman–Crippen LogP) is 2.84. The highest BCUT2D eigenvalue weighted by Crippen LogP contribution is 2.20. The van der Waals surface area contributed by atoms with Crippen LogP contribution in [0.15, 0.2) is 22.7 Å². The van der Waals surface area contributed by atoms with E-state index in [4.69, 9.17) is 16.3 Å². The Hall–Kier alpha value is -0.580. The van der Waals surface area contributed by atoms with Gasteiger partial charge in [0.15, 0.2) is 0 Å². The summed E-state index contributed by atoms with van der Waals surface area (Å²) in [5, 5.41) is 0. The number of aryl methyl sites for hydroxylation is 1. The molecule has 2 rings (SSSR count). The number of carbonyl (C=O) groups excluding carboxylic acids is 1. The van der Waals surface area contributed by atoms with E-state index in [1.165, 1.54) is 0 Å². The van der Waals surface area contributed by atoms with Crippen LogP contribution in [0.5, 0.6) is 0 Å². The van der Waals surface area contributed by atoms with Gasteiger partial charge in [-0.15, -0.1) is 11.6 Å². The number of hydrogen-bond acceptors (Lipinski definition) is 2. The summed E-state index contributed by atoms with van der Waals surface area (Å²) in [4.78, 5) is 14.2. The lowest BCUT2D eigenvalue weighted by Gasteiger charge is -2.34. The molecule has 1 amide bonds. The number of amides is 1. The number of ether oxygens (including phenoxy) is 1. The van der Waals surface area contributed by atoms with Gasteiger partial charge in [0, 0.05) is 22.5 Å². The zero-order chi connectivity index (χ0) is 13.1.